The maximum atomic E-state index is 12.6. The lowest BCUT2D eigenvalue weighted by molar-refractivity contribution is -0.140. The number of hydrogen-bond acceptors (Lipinski definition) is 8. The molecule has 202 valence electrons. The molecule has 0 spiro atoms. The molecule has 0 N–H and O–H groups in total. The fourth-order valence-corrected chi connectivity index (χ4v) is 3.15. The van der Waals surface area contributed by atoms with Crippen LogP contribution in [-0.2, 0) is 19.1 Å². The lowest BCUT2D eigenvalue weighted by atomic mass is 10.0. The van der Waals surface area contributed by atoms with Gasteiger partial charge >= 0.3 is 17.9 Å². The Morgan fingerprint density at radius 3 is 1.38 bits per heavy atom. The second-order valence-corrected chi connectivity index (χ2v) is 8.49. The van der Waals surface area contributed by atoms with E-state index in [1.54, 1.807) is 50.2 Å². The lowest BCUT2D eigenvalue weighted by Crippen LogP contribution is -2.12. The highest BCUT2D eigenvalue weighted by Crippen LogP contribution is 2.24. The van der Waals surface area contributed by atoms with Gasteiger partial charge in [0.25, 0.3) is 0 Å². The van der Waals surface area contributed by atoms with Crippen LogP contribution in [0.1, 0.15) is 24.2 Å². The van der Waals surface area contributed by atoms with E-state index in [1.165, 1.54) is 0 Å². The number of benzene rings is 3. The van der Waals surface area contributed by atoms with Crippen molar-refractivity contribution < 1.29 is 38.1 Å². The van der Waals surface area contributed by atoms with E-state index in [2.05, 4.69) is 13.2 Å². The smallest absolute Gasteiger partial charge is 0.343 e. The molecule has 3 aromatic rings. The predicted octanol–water partition coefficient (Wildman–Crippen LogP) is 5.57. The topological polar surface area (TPSA) is 97.4 Å². The fourth-order valence-electron chi connectivity index (χ4n) is 3.15. The monoisotopic (exact) mass is 530 g/mol. The molecule has 0 bridgehead atoms. The van der Waals surface area contributed by atoms with Crippen molar-refractivity contribution in [2.45, 2.75) is 13.8 Å². The molecule has 0 saturated carbocycles. The molecule has 0 unspecified atom stereocenters. The molecule has 0 heterocycles. The van der Waals surface area contributed by atoms with Gasteiger partial charge in [0, 0.05) is 11.1 Å². The van der Waals surface area contributed by atoms with E-state index >= 15 is 0 Å². The number of rotatable bonds is 13. The minimum absolute atomic E-state index is 0.102. The molecule has 39 heavy (non-hydrogen) atoms. The van der Waals surface area contributed by atoms with E-state index in [9.17, 15) is 14.4 Å². The van der Waals surface area contributed by atoms with Crippen molar-refractivity contribution in [1.82, 2.24) is 0 Å². The van der Waals surface area contributed by atoms with Crippen molar-refractivity contribution in [3.05, 3.63) is 103 Å². The van der Waals surface area contributed by atoms with Gasteiger partial charge < -0.3 is 23.7 Å². The van der Waals surface area contributed by atoms with E-state index in [0.29, 0.717) is 34.0 Å². The summed E-state index contributed by atoms with van der Waals surface area (Å²) in [5.74, 6) is 0.171. The SMILES string of the molecule is C=C(C)C(=O)OCCOc1ccc(OC(=O)c2ccc(-c3ccc(OCCOC(=O)C(=C)C)cc3)cc2)cc1. The Labute approximate surface area is 227 Å². The summed E-state index contributed by atoms with van der Waals surface area (Å²) in [5, 5.41) is 0. The quantitative estimate of drug-likeness (QED) is 0.122. The third kappa shape index (κ3) is 9.19. The van der Waals surface area contributed by atoms with Gasteiger partial charge in [-0.15, -0.1) is 0 Å². The second kappa shape index (κ2) is 14.2. The average molecular weight is 531 g/mol. The Kier molecular flexibility index (Phi) is 10.4. The molecule has 0 aliphatic heterocycles. The molecule has 0 fully saturated rings. The van der Waals surface area contributed by atoms with Crippen LogP contribution in [0.5, 0.6) is 17.2 Å². The molecule has 0 radical (unpaired) electrons. The fraction of sp³-hybridized carbons (Fsp3) is 0.194. The Morgan fingerprint density at radius 1 is 0.564 bits per heavy atom. The zero-order chi connectivity index (χ0) is 28.2. The van der Waals surface area contributed by atoms with Crippen molar-refractivity contribution in [1.29, 1.82) is 0 Å². The van der Waals surface area contributed by atoms with Gasteiger partial charge in [-0.3, -0.25) is 0 Å². The van der Waals surface area contributed by atoms with Gasteiger partial charge in [0.05, 0.1) is 5.56 Å². The minimum atomic E-state index is -0.488. The van der Waals surface area contributed by atoms with Gasteiger partial charge in [-0.2, -0.15) is 0 Å². The molecule has 0 atom stereocenters. The molecule has 8 heteroatoms. The highest BCUT2D eigenvalue weighted by atomic mass is 16.6. The van der Waals surface area contributed by atoms with Crippen LogP contribution < -0.4 is 14.2 Å². The third-order valence-corrected chi connectivity index (χ3v) is 5.21. The Bertz CT molecular complexity index is 1310. The summed E-state index contributed by atoms with van der Waals surface area (Å²) in [6.07, 6.45) is 0. The van der Waals surface area contributed by atoms with Crippen molar-refractivity contribution in [2.24, 2.45) is 0 Å². The van der Waals surface area contributed by atoms with E-state index in [-0.39, 0.29) is 26.4 Å². The number of ether oxygens (including phenoxy) is 5. The summed E-state index contributed by atoms with van der Waals surface area (Å²) in [4.78, 5) is 35.3. The van der Waals surface area contributed by atoms with Crippen LogP contribution in [0, 0.1) is 0 Å². The first-order valence-electron chi connectivity index (χ1n) is 12.2. The standard InChI is InChI=1S/C31H30O8/c1-21(2)29(32)37-19-17-35-26-11-9-24(10-12-26)23-5-7-25(8-6-23)31(34)39-28-15-13-27(14-16-28)36-18-20-38-30(33)22(3)4/h5-16H,1,3,17-20H2,2,4H3. The first kappa shape index (κ1) is 28.7. The molecule has 8 nitrogen and oxygen atoms in total. The molecule has 3 aromatic carbocycles. The number of esters is 3. The van der Waals surface area contributed by atoms with Crippen LogP contribution >= 0.6 is 0 Å². The van der Waals surface area contributed by atoms with Crippen LogP contribution in [0.25, 0.3) is 11.1 Å². The molecular weight excluding hydrogens is 500 g/mol. The summed E-state index contributed by atoms with van der Waals surface area (Å²) >= 11 is 0. The molecular formula is C31H30O8. The summed E-state index contributed by atoms with van der Waals surface area (Å²) in [7, 11) is 0. The van der Waals surface area contributed by atoms with Crippen LogP contribution in [-0.4, -0.2) is 44.3 Å². The molecule has 0 aromatic heterocycles. The Balaban J connectivity index is 1.46. The maximum Gasteiger partial charge on any atom is 0.343 e. The zero-order valence-electron chi connectivity index (χ0n) is 21.9. The van der Waals surface area contributed by atoms with Crippen molar-refractivity contribution in [2.75, 3.05) is 26.4 Å². The van der Waals surface area contributed by atoms with Crippen molar-refractivity contribution in [3.63, 3.8) is 0 Å². The van der Waals surface area contributed by atoms with Crippen LogP contribution in [0.4, 0.5) is 0 Å². The molecule has 0 aliphatic carbocycles. The summed E-state index contributed by atoms with van der Waals surface area (Å²) in [6.45, 7) is 10.9. The number of carbonyl (C=O) groups is 3. The van der Waals surface area contributed by atoms with Crippen LogP contribution in [0.3, 0.4) is 0 Å². The number of hydrogen-bond donors (Lipinski definition) is 0. The summed E-state index contributed by atoms with van der Waals surface area (Å²) < 4.78 is 26.5. The zero-order valence-corrected chi connectivity index (χ0v) is 21.9. The predicted molar refractivity (Wildman–Crippen MR) is 146 cm³/mol. The minimum Gasteiger partial charge on any atom is -0.490 e. The highest BCUT2D eigenvalue weighted by Gasteiger charge is 2.10. The van der Waals surface area contributed by atoms with Crippen molar-refractivity contribution in [3.8, 4) is 28.4 Å². The average Bonchev–Trinajstić information content (AvgIpc) is 2.94. The highest BCUT2D eigenvalue weighted by molar-refractivity contribution is 5.91. The Morgan fingerprint density at radius 2 is 0.949 bits per heavy atom. The van der Waals surface area contributed by atoms with Gasteiger partial charge in [0.15, 0.2) is 0 Å². The van der Waals surface area contributed by atoms with Crippen LogP contribution in [0.2, 0.25) is 0 Å². The van der Waals surface area contributed by atoms with Gasteiger partial charge in [0.1, 0.15) is 43.7 Å². The Hall–Kier alpha value is -4.85. The van der Waals surface area contributed by atoms with Gasteiger partial charge in [0.2, 0.25) is 0 Å². The normalized spacial score (nSPS) is 10.2. The van der Waals surface area contributed by atoms with E-state index in [4.69, 9.17) is 23.7 Å². The molecule has 0 aliphatic rings. The van der Waals surface area contributed by atoms with Gasteiger partial charge in [-0.05, 0) is 73.5 Å². The number of carbonyl (C=O) groups excluding carboxylic acids is 3. The van der Waals surface area contributed by atoms with Gasteiger partial charge in [-0.1, -0.05) is 37.4 Å². The largest absolute Gasteiger partial charge is 0.490 e. The molecule has 3 rings (SSSR count). The summed E-state index contributed by atoms with van der Waals surface area (Å²) in [5.41, 5.74) is 2.94. The van der Waals surface area contributed by atoms with E-state index < -0.39 is 17.9 Å². The third-order valence-electron chi connectivity index (χ3n) is 5.21. The second-order valence-electron chi connectivity index (χ2n) is 8.49. The van der Waals surface area contributed by atoms with E-state index in [0.717, 1.165) is 11.1 Å². The summed E-state index contributed by atoms with van der Waals surface area (Å²) in [6, 6.07) is 21.1. The molecule has 0 saturated heterocycles. The molecule has 0 amide bonds. The first-order valence-corrected chi connectivity index (χ1v) is 12.2. The first-order chi connectivity index (χ1) is 18.7. The lowest BCUT2D eigenvalue weighted by Gasteiger charge is -2.09. The maximum absolute atomic E-state index is 12.6. The van der Waals surface area contributed by atoms with Gasteiger partial charge in [-0.25, -0.2) is 14.4 Å². The van der Waals surface area contributed by atoms with Crippen LogP contribution in [0.15, 0.2) is 97.1 Å². The van der Waals surface area contributed by atoms with E-state index in [1.807, 2.05) is 36.4 Å². The van der Waals surface area contributed by atoms with Crippen molar-refractivity contribution >= 4 is 17.9 Å².